The van der Waals surface area contributed by atoms with Crippen LogP contribution < -0.4 is 10.5 Å². The van der Waals surface area contributed by atoms with E-state index in [0.717, 1.165) is 17.2 Å². The van der Waals surface area contributed by atoms with E-state index in [9.17, 15) is 0 Å². The first-order valence-electron chi connectivity index (χ1n) is 6.21. The third kappa shape index (κ3) is 2.81. The second-order valence-electron chi connectivity index (χ2n) is 4.65. The summed E-state index contributed by atoms with van der Waals surface area (Å²) in [6.45, 7) is 4.23. The van der Waals surface area contributed by atoms with Crippen LogP contribution in [0.25, 0.3) is 0 Å². The van der Waals surface area contributed by atoms with Gasteiger partial charge in [-0.3, -0.25) is 4.68 Å². The van der Waals surface area contributed by atoms with E-state index in [1.807, 2.05) is 28.2 Å². The Hall–Kier alpha value is -0.330. The molecule has 2 heterocycles. The van der Waals surface area contributed by atoms with Crippen molar-refractivity contribution < 1.29 is 4.74 Å². The molecule has 0 radical (unpaired) electrons. The van der Waals surface area contributed by atoms with Gasteiger partial charge < -0.3 is 10.5 Å². The number of methoxy groups -OCH3 is 1. The predicted molar refractivity (Wildman–Crippen MR) is 79.7 cm³/mol. The lowest BCUT2D eigenvalue weighted by molar-refractivity contribution is 0.396. The molecule has 0 spiro atoms. The van der Waals surface area contributed by atoms with Gasteiger partial charge in [-0.05, 0) is 13.8 Å². The average Bonchev–Trinajstić information content (AvgIpc) is 2.82. The zero-order valence-corrected chi connectivity index (χ0v) is 12.8. The summed E-state index contributed by atoms with van der Waals surface area (Å²) >= 11 is 3.95. The van der Waals surface area contributed by atoms with Crippen LogP contribution in [0.5, 0.6) is 5.75 Å². The van der Waals surface area contributed by atoms with Gasteiger partial charge in [-0.1, -0.05) is 0 Å². The molecule has 0 amide bonds. The first-order valence-corrected chi connectivity index (χ1v) is 8.41. The molecule has 1 aliphatic rings. The molecule has 4 nitrogen and oxygen atoms in total. The molecule has 2 rings (SSSR count). The highest BCUT2D eigenvalue weighted by Gasteiger charge is 2.29. The van der Waals surface area contributed by atoms with Crippen molar-refractivity contribution in [3.8, 4) is 5.75 Å². The van der Waals surface area contributed by atoms with Crippen LogP contribution in [-0.2, 0) is 0 Å². The van der Waals surface area contributed by atoms with Crippen LogP contribution >= 0.6 is 23.5 Å². The topological polar surface area (TPSA) is 53.1 Å². The van der Waals surface area contributed by atoms with Crippen molar-refractivity contribution in [2.75, 3.05) is 24.4 Å². The fraction of sp³-hybridized carbons (Fsp3) is 0.750. The lowest BCUT2D eigenvalue weighted by Crippen LogP contribution is -2.31. The molecule has 1 aromatic rings. The van der Waals surface area contributed by atoms with Crippen LogP contribution in [0.1, 0.15) is 31.6 Å². The Balaban J connectivity index is 2.26. The minimum absolute atomic E-state index is 0.0114. The smallest absolute Gasteiger partial charge is 0.161 e. The van der Waals surface area contributed by atoms with Gasteiger partial charge in [0.2, 0.25) is 0 Å². The fourth-order valence-electron chi connectivity index (χ4n) is 2.13. The van der Waals surface area contributed by atoms with Crippen molar-refractivity contribution in [3.63, 3.8) is 0 Å². The number of thioether (sulfide) groups is 2. The van der Waals surface area contributed by atoms with E-state index in [-0.39, 0.29) is 6.04 Å². The summed E-state index contributed by atoms with van der Waals surface area (Å²) in [5.41, 5.74) is 7.49. The summed E-state index contributed by atoms with van der Waals surface area (Å²) in [7, 11) is 1.68. The normalized spacial score (nSPS) is 22.2. The minimum Gasteiger partial charge on any atom is -0.493 e. The van der Waals surface area contributed by atoms with Gasteiger partial charge in [0.1, 0.15) is 0 Å². The monoisotopic (exact) mass is 287 g/mol. The Morgan fingerprint density at radius 3 is 2.83 bits per heavy atom. The van der Waals surface area contributed by atoms with Crippen molar-refractivity contribution >= 4 is 23.5 Å². The summed E-state index contributed by atoms with van der Waals surface area (Å²) in [4.78, 5) is 0. The summed E-state index contributed by atoms with van der Waals surface area (Å²) in [6, 6.07) is 0.291. The Bertz CT molecular complexity index is 389. The molecule has 1 fully saturated rings. The van der Waals surface area contributed by atoms with Crippen molar-refractivity contribution in [2.24, 2.45) is 5.73 Å². The molecular weight excluding hydrogens is 266 g/mol. The van der Waals surface area contributed by atoms with E-state index < -0.39 is 0 Å². The summed E-state index contributed by atoms with van der Waals surface area (Å²) < 4.78 is 7.40. The van der Waals surface area contributed by atoms with E-state index in [1.54, 1.807) is 13.3 Å². The van der Waals surface area contributed by atoms with Crippen LogP contribution in [0, 0.1) is 0 Å². The highest BCUT2D eigenvalue weighted by molar-refractivity contribution is 8.06. The second-order valence-corrected chi connectivity index (χ2v) is 7.14. The summed E-state index contributed by atoms with van der Waals surface area (Å²) in [5, 5.41) is 4.85. The number of ether oxygens (including phenoxy) is 1. The quantitative estimate of drug-likeness (QED) is 0.921. The van der Waals surface area contributed by atoms with E-state index in [0.29, 0.717) is 11.3 Å². The lowest BCUT2D eigenvalue weighted by atomic mass is 10.1. The predicted octanol–water partition coefficient (Wildman–Crippen LogP) is 2.32. The molecule has 2 unspecified atom stereocenters. The van der Waals surface area contributed by atoms with Gasteiger partial charge in [-0.15, -0.1) is 0 Å². The van der Waals surface area contributed by atoms with Gasteiger partial charge in [0.15, 0.2) is 5.75 Å². The van der Waals surface area contributed by atoms with Gasteiger partial charge in [0.05, 0.1) is 25.0 Å². The number of nitrogens with zero attached hydrogens (tertiary/aromatic N) is 2. The number of hydrogen-bond donors (Lipinski definition) is 1. The third-order valence-corrected chi connectivity index (χ3v) is 5.95. The Morgan fingerprint density at radius 2 is 2.28 bits per heavy atom. The third-order valence-electron chi connectivity index (χ3n) is 3.07. The zero-order chi connectivity index (χ0) is 13.1. The van der Waals surface area contributed by atoms with Crippen molar-refractivity contribution in [2.45, 2.75) is 31.2 Å². The highest BCUT2D eigenvalue weighted by Crippen LogP contribution is 2.36. The van der Waals surface area contributed by atoms with Crippen LogP contribution in [0.2, 0.25) is 0 Å². The number of nitrogens with two attached hydrogens (primary N) is 1. The van der Waals surface area contributed by atoms with Crippen molar-refractivity contribution in [1.82, 2.24) is 9.78 Å². The molecule has 0 saturated carbocycles. The van der Waals surface area contributed by atoms with Gasteiger partial charge in [-0.25, -0.2) is 0 Å². The molecule has 2 N–H and O–H groups in total. The Kier molecular flexibility index (Phi) is 4.86. The second kappa shape index (κ2) is 6.21. The average molecular weight is 287 g/mol. The summed E-state index contributed by atoms with van der Waals surface area (Å²) in [5.74, 6) is 4.33. The molecule has 1 saturated heterocycles. The first kappa shape index (κ1) is 14.1. The van der Waals surface area contributed by atoms with Gasteiger partial charge in [0, 0.05) is 28.6 Å². The molecule has 2 atom stereocenters. The van der Waals surface area contributed by atoms with Crippen LogP contribution in [0.4, 0.5) is 0 Å². The Morgan fingerprint density at radius 1 is 1.50 bits per heavy atom. The number of rotatable bonds is 4. The molecule has 6 heteroatoms. The molecular formula is C12H21N3OS2. The maximum Gasteiger partial charge on any atom is 0.161 e. The largest absolute Gasteiger partial charge is 0.493 e. The number of hydrogen-bond acceptors (Lipinski definition) is 5. The summed E-state index contributed by atoms with van der Waals surface area (Å²) in [6.07, 6.45) is 1.77. The van der Waals surface area contributed by atoms with Crippen LogP contribution in [-0.4, -0.2) is 39.4 Å². The molecule has 0 aromatic carbocycles. The van der Waals surface area contributed by atoms with E-state index in [4.69, 9.17) is 10.5 Å². The van der Waals surface area contributed by atoms with Crippen LogP contribution in [0.3, 0.4) is 0 Å². The molecule has 1 aliphatic heterocycles. The van der Waals surface area contributed by atoms with Crippen molar-refractivity contribution in [1.29, 1.82) is 0 Å². The molecule has 0 bridgehead atoms. The lowest BCUT2D eigenvalue weighted by Gasteiger charge is -2.28. The SMILES string of the molecule is COc1cnn(C(C)C)c1C(N)C1CSCCS1. The van der Waals surface area contributed by atoms with E-state index >= 15 is 0 Å². The maximum absolute atomic E-state index is 6.45. The molecule has 102 valence electrons. The number of aromatic nitrogens is 2. The minimum atomic E-state index is -0.0114. The zero-order valence-electron chi connectivity index (χ0n) is 11.1. The van der Waals surface area contributed by atoms with E-state index in [1.165, 1.54) is 11.5 Å². The molecule has 1 aromatic heterocycles. The maximum atomic E-state index is 6.45. The van der Waals surface area contributed by atoms with Gasteiger partial charge >= 0.3 is 0 Å². The van der Waals surface area contributed by atoms with E-state index in [2.05, 4.69) is 18.9 Å². The van der Waals surface area contributed by atoms with Gasteiger partial charge in [-0.2, -0.15) is 28.6 Å². The molecule has 0 aliphatic carbocycles. The van der Waals surface area contributed by atoms with Gasteiger partial charge in [0.25, 0.3) is 0 Å². The first-order chi connectivity index (χ1) is 8.65. The fourth-order valence-corrected chi connectivity index (χ4v) is 4.91. The Labute approximate surface area is 117 Å². The molecule has 18 heavy (non-hydrogen) atoms. The van der Waals surface area contributed by atoms with Crippen LogP contribution in [0.15, 0.2) is 6.20 Å². The van der Waals surface area contributed by atoms with Crippen molar-refractivity contribution in [3.05, 3.63) is 11.9 Å². The highest BCUT2D eigenvalue weighted by atomic mass is 32.2. The standard InChI is InChI=1S/C12H21N3OS2/c1-8(2)15-12(9(16-3)6-14-15)11(13)10-7-17-4-5-18-10/h6,8,10-11H,4-5,7,13H2,1-3H3.